The largest absolute Gasteiger partial charge is 0.396 e. The van der Waals surface area contributed by atoms with Crippen LogP contribution in [0, 0.1) is 11.3 Å². The third-order valence-electron chi connectivity index (χ3n) is 4.00. The molecule has 0 aromatic heterocycles. The maximum atomic E-state index is 9.51. The maximum absolute atomic E-state index is 9.51. The fourth-order valence-corrected chi connectivity index (χ4v) is 3.18. The van der Waals surface area contributed by atoms with Crippen molar-refractivity contribution in [3.8, 4) is 0 Å². The van der Waals surface area contributed by atoms with E-state index in [1.165, 1.54) is 12.8 Å². The van der Waals surface area contributed by atoms with E-state index in [1.54, 1.807) is 0 Å². The van der Waals surface area contributed by atoms with Crippen molar-refractivity contribution in [3.63, 3.8) is 0 Å². The Kier molecular flexibility index (Phi) is 3.14. The van der Waals surface area contributed by atoms with Crippen LogP contribution in [0.1, 0.15) is 19.3 Å². The van der Waals surface area contributed by atoms with Crippen molar-refractivity contribution >= 4 is 0 Å². The number of fused-ring (bicyclic) bond motifs is 1. The SMILES string of the molecule is [N-]=[N+]=NCCN1C[C@@H]2CCC[C@@]2(CO)C1. The third-order valence-corrected chi connectivity index (χ3v) is 4.00. The van der Waals surface area contributed by atoms with E-state index in [1.807, 2.05) is 0 Å². The Morgan fingerprint density at radius 1 is 1.60 bits per heavy atom. The van der Waals surface area contributed by atoms with Gasteiger partial charge in [0.2, 0.25) is 0 Å². The van der Waals surface area contributed by atoms with Crippen LogP contribution in [0.5, 0.6) is 0 Å². The summed E-state index contributed by atoms with van der Waals surface area (Å²) in [6, 6.07) is 0. The first-order valence-corrected chi connectivity index (χ1v) is 5.65. The molecule has 0 aromatic carbocycles. The third kappa shape index (κ3) is 1.95. The van der Waals surface area contributed by atoms with Crippen molar-refractivity contribution in [1.29, 1.82) is 0 Å². The van der Waals surface area contributed by atoms with Crippen molar-refractivity contribution in [1.82, 2.24) is 4.90 Å². The lowest BCUT2D eigenvalue weighted by Crippen LogP contribution is -2.31. The van der Waals surface area contributed by atoms with Gasteiger partial charge in [-0.1, -0.05) is 11.5 Å². The fraction of sp³-hybridized carbons (Fsp3) is 1.00. The molecule has 5 heteroatoms. The number of likely N-dealkylation sites (tertiary alicyclic amines) is 1. The molecule has 0 aromatic rings. The molecule has 1 saturated heterocycles. The van der Waals surface area contributed by atoms with Gasteiger partial charge >= 0.3 is 0 Å². The number of azide groups is 1. The summed E-state index contributed by atoms with van der Waals surface area (Å²) in [7, 11) is 0. The van der Waals surface area contributed by atoms with Crippen molar-refractivity contribution < 1.29 is 5.11 Å². The lowest BCUT2D eigenvalue weighted by Gasteiger charge is -2.26. The molecule has 1 aliphatic heterocycles. The highest BCUT2D eigenvalue weighted by Gasteiger charge is 2.48. The predicted octanol–water partition coefficient (Wildman–Crippen LogP) is 1.39. The molecule has 0 spiro atoms. The van der Waals surface area contributed by atoms with Crippen LogP contribution in [0.3, 0.4) is 0 Å². The highest BCUT2D eigenvalue weighted by atomic mass is 16.3. The number of hydrogen-bond donors (Lipinski definition) is 1. The molecule has 1 aliphatic carbocycles. The van der Waals surface area contributed by atoms with Crippen molar-refractivity contribution in [2.24, 2.45) is 16.4 Å². The number of hydrogen-bond acceptors (Lipinski definition) is 3. The Morgan fingerprint density at radius 2 is 2.47 bits per heavy atom. The zero-order valence-electron chi connectivity index (χ0n) is 8.97. The molecule has 2 rings (SSSR count). The average Bonchev–Trinajstić information content (AvgIpc) is 2.74. The summed E-state index contributed by atoms with van der Waals surface area (Å²) >= 11 is 0. The minimum absolute atomic E-state index is 0.163. The number of aliphatic hydroxyl groups is 1. The molecule has 0 amide bonds. The van der Waals surface area contributed by atoms with Gasteiger partial charge in [0, 0.05) is 36.5 Å². The van der Waals surface area contributed by atoms with Gasteiger partial charge in [-0.25, -0.2) is 0 Å². The van der Waals surface area contributed by atoms with Crippen molar-refractivity contribution in [2.75, 3.05) is 32.8 Å². The minimum Gasteiger partial charge on any atom is -0.396 e. The molecule has 2 fully saturated rings. The Bertz CT molecular complexity index is 277. The van der Waals surface area contributed by atoms with E-state index >= 15 is 0 Å². The van der Waals surface area contributed by atoms with Crippen LogP contribution >= 0.6 is 0 Å². The van der Waals surface area contributed by atoms with E-state index < -0.39 is 0 Å². The summed E-state index contributed by atoms with van der Waals surface area (Å²) in [5.41, 5.74) is 8.36. The van der Waals surface area contributed by atoms with Gasteiger partial charge in [0.1, 0.15) is 0 Å². The second kappa shape index (κ2) is 4.39. The molecule has 15 heavy (non-hydrogen) atoms. The van der Waals surface area contributed by atoms with Crippen LogP contribution < -0.4 is 0 Å². The highest BCUT2D eigenvalue weighted by molar-refractivity contribution is 5.00. The summed E-state index contributed by atoms with van der Waals surface area (Å²) in [5, 5.41) is 13.1. The molecule has 5 nitrogen and oxygen atoms in total. The number of aliphatic hydroxyl groups excluding tert-OH is 1. The molecule has 2 aliphatic rings. The molecule has 1 heterocycles. The lowest BCUT2D eigenvalue weighted by molar-refractivity contribution is 0.112. The standard InChI is InChI=1S/C10H18N4O/c11-13-12-4-5-14-6-9-2-1-3-10(9,7-14)8-15/h9,15H,1-8H2/t9-,10-/m0/s1. The molecule has 84 valence electrons. The first-order chi connectivity index (χ1) is 7.30. The van der Waals surface area contributed by atoms with Crippen molar-refractivity contribution in [2.45, 2.75) is 19.3 Å². The average molecular weight is 210 g/mol. The van der Waals surface area contributed by atoms with Gasteiger partial charge < -0.3 is 10.0 Å². The molecule has 0 radical (unpaired) electrons. The fourth-order valence-electron chi connectivity index (χ4n) is 3.18. The lowest BCUT2D eigenvalue weighted by atomic mass is 9.82. The summed E-state index contributed by atoms with van der Waals surface area (Å²) in [4.78, 5) is 5.08. The summed E-state index contributed by atoms with van der Waals surface area (Å²) in [5.74, 6) is 0.661. The van der Waals surface area contributed by atoms with Gasteiger partial charge in [0.25, 0.3) is 0 Å². The number of nitrogens with zero attached hydrogens (tertiary/aromatic N) is 4. The monoisotopic (exact) mass is 210 g/mol. The van der Waals surface area contributed by atoms with Crippen LogP contribution in [0.2, 0.25) is 0 Å². The zero-order valence-corrected chi connectivity index (χ0v) is 8.97. The van der Waals surface area contributed by atoms with Gasteiger partial charge in [-0.3, -0.25) is 0 Å². The molecular weight excluding hydrogens is 192 g/mol. The van der Waals surface area contributed by atoms with E-state index in [2.05, 4.69) is 14.9 Å². The Hall–Kier alpha value is -0.770. The smallest absolute Gasteiger partial charge is 0.0502 e. The van der Waals surface area contributed by atoms with E-state index in [9.17, 15) is 5.11 Å². The van der Waals surface area contributed by atoms with E-state index in [4.69, 9.17) is 5.53 Å². The van der Waals surface area contributed by atoms with Gasteiger partial charge in [-0.2, -0.15) is 0 Å². The minimum atomic E-state index is 0.163. The maximum Gasteiger partial charge on any atom is 0.0502 e. The summed E-state index contributed by atoms with van der Waals surface area (Å²) in [6.07, 6.45) is 3.67. The molecule has 0 bridgehead atoms. The normalized spacial score (nSPS) is 35.1. The van der Waals surface area contributed by atoms with E-state index in [-0.39, 0.29) is 5.41 Å². The summed E-state index contributed by atoms with van der Waals surface area (Å²) in [6.45, 7) is 3.75. The molecular formula is C10H18N4O. The van der Waals surface area contributed by atoms with Crippen LogP contribution in [0.4, 0.5) is 0 Å². The molecule has 1 N–H and O–H groups in total. The van der Waals surface area contributed by atoms with Crippen LogP contribution in [0.25, 0.3) is 10.4 Å². The second-order valence-electron chi connectivity index (χ2n) is 4.80. The second-order valence-corrected chi connectivity index (χ2v) is 4.80. The Labute approximate surface area is 89.7 Å². The molecule has 2 atom stereocenters. The van der Waals surface area contributed by atoms with Gasteiger partial charge in [-0.05, 0) is 24.3 Å². The van der Waals surface area contributed by atoms with Gasteiger partial charge in [-0.15, -0.1) is 0 Å². The van der Waals surface area contributed by atoms with Crippen molar-refractivity contribution in [3.05, 3.63) is 10.4 Å². The van der Waals surface area contributed by atoms with Crippen LogP contribution in [0.15, 0.2) is 5.11 Å². The van der Waals surface area contributed by atoms with E-state index in [0.717, 1.165) is 26.1 Å². The molecule has 1 saturated carbocycles. The van der Waals surface area contributed by atoms with Gasteiger partial charge in [0.15, 0.2) is 0 Å². The molecule has 0 unspecified atom stereocenters. The first-order valence-electron chi connectivity index (χ1n) is 5.65. The zero-order chi connectivity index (χ0) is 10.7. The van der Waals surface area contributed by atoms with Crippen LogP contribution in [-0.4, -0.2) is 42.8 Å². The quantitative estimate of drug-likeness (QED) is 0.432. The topological polar surface area (TPSA) is 72.2 Å². The Balaban J connectivity index is 1.90. The number of rotatable bonds is 4. The summed E-state index contributed by atoms with van der Waals surface area (Å²) < 4.78 is 0. The first kappa shape index (κ1) is 10.7. The van der Waals surface area contributed by atoms with Gasteiger partial charge in [0.05, 0.1) is 6.61 Å². The predicted molar refractivity (Wildman–Crippen MR) is 57.3 cm³/mol. The van der Waals surface area contributed by atoms with Crippen LogP contribution in [-0.2, 0) is 0 Å². The highest BCUT2D eigenvalue weighted by Crippen LogP contribution is 2.48. The van der Waals surface area contributed by atoms with E-state index in [0.29, 0.717) is 19.1 Å². The Morgan fingerprint density at radius 3 is 3.13 bits per heavy atom.